The van der Waals surface area contributed by atoms with Crippen molar-refractivity contribution in [1.29, 1.82) is 0 Å². The normalized spacial score (nSPS) is 22.7. The molecule has 3 heterocycles. The second-order valence-corrected chi connectivity index (χ2v) is 10.3. The number of imide groups is 1. The van der Waals surface area contributed by atoms with Crippen LogP contribution in [0.15, 0.2) is 78.5 Å². The molecule has 194 valence electrons. The van der Waals surface area contributed by atoms with Crippen molar-refractivity contribution in [2.75, 3.05) is 13.1 Å². The molecule has 1 atom stereocenters. The summed E-state index contributed by atoms with van der Waals surface area (Å²) < 4.78 is 30.5. The van der Waals surface area contributed by atoms with E-state index in [4.69, 9.17) is 0 Å². The summed E-state index contributed by atoms with van der Waals surface area (Å²) >= 11 is 0. The Morgan fingerprint density at radius 2 is 1.76 bits per heavy atom. The van der Waals surface area contributed by atoms with Gasteiger partial charge in [0.15, 0.2) is 0 Å². The van der Waals surface area contributed by atoms with Gasteiger partial charge in [-0.05, 0) is 55.6 Å². The Morgan fingerprint density at radius 1 is 0.974 bits per heavy atom. The average molecular weight is 516 g/mol. The summed E-state index contributed by atoms with van der Waals surface area (Å²) in [6.45, 7) is 1.21. The van der Waals surface area contributed by atoms with E-state index < -0.39 is 34.4 Å². The lowest BCUT2D eigenvalue weighted by molar-refractivity contribution is -0.00806. The van der Waals surface area contributed by atoms with Crippen molar-refractivity contribution < 1.29 is 18.4 Å². The average Bonchev–Trinajstić information content (AvgIpc) is 3.51. The molecular weight excluding hydrogens is 488 g/mol. The van der Waals surface area contributed by atoms with Crippen LogP contribution in [0.5, 0.6) is 0 Å². The first-order valence-corrected chi connectivity index (χ1v) is 12.8. The summed E-state index contributed by atoms with van der Waals surface area (Å²) in [4.78, 5) is 29.5. The molecule has 0 spiro atoms. The van der Waals surface area contributed by atoms with Crippen molar-refractivity contribution in [3.63, 3.8) is 0 Å². The van der Waals surface area contributed by atoms with Crippen molar-refractivity contribution in [3.8, 4) is 0 Å². The largest absolute Gasteiger partial charge is 0.317 e. The van der Waals surface area contributed by atoms with Crippen LogP contribution < -0.4 is 5.32 Å². The third-order valence-electron chi connectivity index (χ3n) is 8.21. The van der Waals surface area contributed by atoms with Gasteiger partial charge in [0.1, 0.15) is 11.7 Å². The number of amides is 2. The predicted molar refractivity (Wildman–Crippen MR) is 137 cm³/mol. The number of aromatic amines is 1. The van der Waals surface area contributed by atoms with Crippen LogP contribution in [0, 0.1) is 5.41 Å². The molecule has 1 unspecified atom stereocenters. The van der Waals surface area contributed by atoms with Gasteiger partial charge in [0, 0.05) is 30.5 Å². The number of halogens is 2. The van der Waals surface area contributed by atoms with Crippen LogP contribution in [-0.4, -0.2) is 50.8 Å². The first kappa shape index (κ1) is 24.4. The zero-order valence-electron chi connectivity index (χ0n) is 20.7. The number of aromatic nitrogens is 3. The minimum atomic E-state index is -1.52. The number of benzene rings is 2. The quantitative estimate of drug-likeness (QED) is 0.474. The number of hydrogen-bond donors (Lipinski definition) is 2. The first-order chi connectivity index (χ1) is 18.4. The summed E-state index contributed by atoms with van der Waals surface area (Å²) in [5.41, 5.74) is 0.402. The smallest absolute Gasteiger partial charge is 0.262 e. The van der Waals surface area contributed by atoms with E-state index in [0.29, 0.717) is 43.6 Å². The van der Waals surface area contributed by atoms with E-state index in [-0.39, 0.29) is 24.0 Å². The Kier molecular flexibility index (Phi) is 6.03. The molecule has 0 bridgehead atoms. The number of rotatable bonds is 6. The molecule has 2 aliphatic heterocycles. The van der Waals surface area contributed by atoms with Gasteiger partial charge in [0.05, 0.1) is 22.4 Å². The molecular formula is C29H27F2N5O2. The van der Waals surface area contributed by atoms with Gasteiger partial charge < -0.3 is 5.32 Å². The maximum Gasteiger partial charge on any atom is 0.262 e. The van der Waals surface area contributed by atoms with Crippen LogP contribution >= 0.6 is 0 Å². The fourth-order valence-electron chi connectivity index (χ4n) is 6.53. The van der Waals surface area contributed by atoms with Gasteiger partial charge >= 0.3 is 0 Å². The highest BCUT2D eigenvalue weighted by Gasteiger charge is 2.60. The Labute approximate surface area is 218 Å². The number of hydrogen-bond acceptors (Lipinski definition) is 5. The highest BCUT2D eigenvalue weighted by atomic mass is 19.1. The Morgan fingerprint density at radius 3 is 2.47 bits per heavy atom. The van der Waals surface area contributed by atoms with E-state index in [1.807, 2.05) is 30.3 Å². The maximum absolute atomic E-state index is 15.3. The lowest BCUT2D eigenvalue weighted by Gasteiger charge is -2.55. The molecule has 0 radical (unpaired) electrons. The van der Waals surface area contributed by atoms with Crippen molar-refractivity contribution in [1.82, 2.24) is 25.6 Å². The zero-order valence-corrected chi connectivity index (χ0v) is 20.7. The van der Waals surface area contributed by atoms with Crippen molar-refractivity contribution >= 4 is 11.8 Å². The van der Waals surface area contributed by atoms with Crippen LogP contribution in [-0.2, 0) is 12.8 Å². The zero-order chi connectivity index (χ0) is 26.3. The molecule has 9 heteroatoms. The van der Waals surface area contributed by atoms with E-state index in [9.17, 15) is 9.59 Å². The van der Waals surface area contributed by atoms with Crippen LogP contribution in [0.3, 0.4) is 0 Å². The Bertz CT molecular complexity index is 1440. The van der Waals surface area contributed by atoms with Crippen molar-refractivity contribution in [3.05, 3.63) is 106 Å². The van der Waals surface area contributed by atoms with Crippen molar-refractivity contribution in [2.45, 2.75) is 37.6 Å². The Balaban J connectivity index is 1.51. The molecule has 2 amide bonds. The third kappa shape index (κ3) is 3.89. The minimum absolute atomic E-state index is 0.239. The first-order valence-electron chi connectivity index (χ1n) is 12.8. The number of carbonyl (C=O) groups excluding carboxylic acids is 2. The van der Waals surface area contributed by atoms with Gasteiger partial charge in [0.2, 0.25) is 0 Å². The SMILES string of the molecule is O=C1c2cccc(Cc3c[nH]nn3)c2C(=O)N1C1(C2(Cc3ccccc3)CCNCC2)C=C(F)C=C(F)C1. The topological polar surface area (TPSA) is 91.0 Å². The van der Waals surface area contributed by atoms with Crippen LogP contribution in [0.4, 0.5) is 8.78 Å². The van der Waals surface area contributed by atoms with E-state index in [1.165, 1.54) is 6.08 Å². The molecule has 1 saturated heterocycles. The standard InChI is InChI=1S/C29H27F2N5O2/c30-21-14-22(31)17-29(16-21,28(9-11-32-12-10-28)15-19-5-2-1-3-6-19)36-26(37)24-8-4-7-20(25(24)27(36)38)13-23-18-33-35-34-23/h1-8,14,16,18,32H,9-13,15,17H2,(H,33,34,35). The molecule has 0 saturated carbocycles. The lowest BCUT2D eigenvalue weighted by atomic mass is 9.58. The number of fused-ring (bicyclic) bond motifs is 1. The second-order valence-electron chi connectivity index (χ2n) is 10.3. The van der Waals surface area contributed by atoms with Crippen LogP contribution in [0.1, 0.15) is 56.8 Å². The van der Waals surface area contributed by atoms with Crippen LogP contribution in [0.25, 0.3) is 0 Å². The summed E-state index contributed by atoms with van der Waals surface area (Å²) in [5, 5.41) is 13.7. The Hall–Kier alpha value is -3.98. The minimum Gasteiger partial charge on any atom is -0.317 e. The molecule has 2 aromatic carbocycles. The summed E-state index contributed by atoms with van der Waals surface area (Å²) in [6, 6.07) is 14.8. The summed E-state index contributed by atoms with van der Waals surface area (Å²) in [6.07, 6.45) is 5.37. The third-order valence-corrected chi connectivity index (χ3v) is 8.21. The molecule has 3 aromatic rings. The fourth-order valence-corrected chi connectivity index (χ4v) is 6.53. The van der Waals surface area contributed by atoms with Crippen LogP contribution in [0.2, 0.25) is 0 Å². The molecule has 3 aliphatic rings. The molecule has 1 aliphatic carbocycles. The number of nitrogens with one attached hydrogen (secondary N) is 2. The maximum atomic E-state index is 15.3. The van der Waals surface area contributed by atoms with Gasteiger partial charge in [-0.2, -0.15) is 0 Å². The molecule has 2 N–H and O–H groups in total. The number of H-pyrrole nitrogens is 1. The van der Waals surface area contributed by atoms with Gasteiger partial charge in [0.25, 0.3) is 11.8 Å². The number of nitrogens with zero attached hydrogens (tertiary/aromatic N) is 3. The van der Waals surface area contributed by atoms with Gasteiger partial charge in [-0.25, -0.2) is 8.78 Å². The summed E-state index contributed by atoms with van der Waals surface area (Å²) in [5.74, 6) is -2.53. The summed E-state index contributed by atoms with van der Waals surface area (Å²) in [7, 11) is 0. The fraction of sp³-hybridized carbons (Fsp3) is 0.310. The molecule has 1 fully saturated rings. The molecule has 7 nitrogen and oxygen atoms in total. The monoisotopic (exact) mass is 515 g/mol. The van der Waals surface area contributed by atoms with Gasteiger partial charge in [-0.1, -0.05) is 47.7 Å². The van der Waals surface area contributed by atoms with E-state index in [0.717, 1.165) is 16.5 Å². The number of carbonyl (C=O) groups is 2. The van der Waals surface area contributed by atoms with Crippen molar-refractivity contribution in [2.24, 2.45) is 5.41 Å². The lowest BCUT2D eigenvalue weighted by Crippen LogP contribution is -2.64. The van der Waals surface area contributed by atoms with E-state index in [2.05, 4.69) is 20.7 Å². The highest BCUT2D eigenvalue weighted by Crippen LogP contribution is 2.54. The highest BCUT2D eigenvalue weighted by molar-refractivity contribution is 6.22. The van der Waals surface area contributed by atoms with Gasteiger partial charge in [-0.15, -0.1) is 5.10 Å². The molecule has 38 heavy (non-hydrogen) atoms. The second kappa shape index (κ2) is 9.40. The number of allylic oxidation sites excluding steroid dienone is 2. The molecule has 6 rings (SSSR count). The van der Waals surface area contributed by atoms with E-state index >= 15 is 8.78 Å². The molecule has 1 aromatic heterocycles. The van der Waals surface area contributed by atoms with Gasteiger partial charge in [-0.3, -0.25) is 19.6 Å². The number of piperidine rings is 1. The van der Waals surface area contributed by atoms with E-state index in [1.54, 1.807) is 24.4 Å². The predicted octanol–water partition coefficient (Wildman–Crippen LogP) is 4.45.